The van der Waals surface area contributed by atoms with Crippen LogP contribution >= 0.6 is 0 Å². The van der Waals surface area contributed by atoms with Crippen molar-refractivity contribution in [2.24, 2.45) is 0 Å². The van der Waals surface area contributed by atoms with Gasteiger partial charge in [0.1, 0.15) is 0 Å². The van der Waals surface area contributed by atoms with Gasteiger partial charge in [-0.3, -0.25) is 4.79 Å². The monoisotopic (exact) mass is 331 g/mol. The fourth-order valence-electron chi connectivity index (χ4n) is 2.15. The van der Waals surface area contributed by atoms with Crippen LogP contribution in [0.4, 0.5) is 4.39 Å². The molecule has 0 fully saturated rings. The van der Waals surface area contributed by atoms with Crippen LogP contribution < -0.4 is 10.1 Å². The van der Waals surface area contributed by atoms with Gasteiger partial charge in [0.2, 0.25) is 0 Å². The molecule has 24 heavy (non-hydrogen) atoms. The Kier molecular flexibility index (Phi) is 7.23. The lowest BCUT2D eigenvalue weighted by molar-refractivity contribution is -0.123. The number of benzene rings is 2. The Labute approximate surface area is 141 Å². The number of hydrogen-bond donors (Lipinski definition) is 1. The summed E-state index contributed by atoms with van der Waals surface area (Å²) in [6.07, 6.45) is 0.965. The molecule has 0 bridgehead atoms. The second-order valence-electron chi connectivity index (χ2n) is 5.32. The summed E-state index contributed by atoms with van der Waals surface area (Å²) >= 11 is 0. The predicted octanol–water partition coefficient (Wildman–Crippen LogP) is 3.45. The SMILES string of the molecule is CCCOCc1ccccc1CNC(=O)COc1ccccc1F. The maximum atomic E-state index is 13.4. The minimum Gasteiger partial charge on any atom is -0.481 e. The molecule has 0 heterocycles. The molecule has 2 aromatic rings. The third kappa shape index (κ3) is 5.66. The largest absolute Gasteiger partial charge is 0.481 e. The van der Waals surface area contributed by atoms with Crippen molar-refractivity contribution >= 4 is 5.91 Å². The highest BCUT2D eigenvalue weighted by Gasteiger charge is 2.08. The van der Waals surface area contributed by atoms with Crippen molar-refractivity contribution in [3.8, 4) is 5.75 Å². The average molecular weight is 331 g/mol. The lowest BCUT2D eigenvalue weighted by Crippen LogP contribution is -2.29. The molecule has 0 saturated carbocycles. The van der Waals surface area contributed by atoms with Crippen LogP contribution in [0.25, 0.3) is 0 Å². The number of amides is 1. The number of para-hydroxylation sites is 1. The minimum absolute atomic E-state index is 0.0704. The Bertz CT molecular complexity index is 661. The zero-order chi connectivity index (χ0) is 17.2. The van der Waals surface area contributed by atoms with E-state index in [0.29, 0.717) is 19.8 Å². The van der Waals surface area contributed by atoms with E-state index in [-0.39, 0.29) is 18.3 Å². The van der Waals surface area contributed by atoms with E-state index in [4.69, 9.17) is 9.47 Å². The number of carbonyl (C=O) groups is 1. The van der Waals surface area contributed by atoms with Crippen molar-refractivity contribution in [3.63, 3.8) is 0 Å². The molecule has 1 N–H and O–H groups in total. The summed E-state index contributed by atoms with van der Waals surface area (Å²) in [6, 6.07) is 13.8. The lowest BCUT2D eigenvalue weighted by Gasteiger charge is -2.12. The molecule has 0 aliphatic carbocycles. The molecule has 0 aliphatic rings. The topological polar surface area (TPSA) is 47.6 Å². The maximum absolute atomic E-state index is 13.4. The Balaban J connectivity index is 1.82. The van der Waals surface area contributed by atoms with E-state index < -0.39 is 5.82 Å². The predicted molar refractivity (Wildman–Crippen MR) is 90.1 cm³/mol. The Morgan fingerprint density at radius 1 is 1.08 bits per heavy atom. The van der Waals surface area contributed by atoms with Gasteiger partial charge in [0.15, 0.2) is 18.2 Å². The first-order chi connectivity index (χ1) is 11.7. The highest BCUT2D eigenvalue weighted by atomic mass is 19.1. The molecular weight excluding hydrogens is 309 g/mol. The molecule has 0 radical (unpaired) electrons. The second-order valence-corrected chi connectivity index (χ2v) is 5.32. The van der Waals surface area contributed by atoms with Gasteiger partial charge in [0.05, 0.1) is 6.61 Å². The lowest BCUT2D eigenvalue weighted by atomic mass is 10.1. The summed E-state index contributed by atoms with van der Waals surface area (Å²) in [5, 5.41) is 2.78. The maximum Gasteiger partial charge on any atom is 0.258 e. The summed E-state index contributed by atoms with van der Waals surface area (Å²) in [4.78, 5) is 11.9. The van der Waals surface area contributed by atoms with Crippen LogP contribution in [0.5, 0.6) is 5.75 Å². The number of rotatable bonds is 9. The van der Waals surface area contributed by atoms with Gasteiger partial charge in [-0.1, -0.05) is 43.3 Å². The molecule has 0 aliphatic heterocycles. The highest BCUT2D eigenvalue weighted by Crippen LogP contribution is 2.15. The Morgan fingerprint density at radius 3 is 2.54 bits per heavy atom. The highest BCUT2D eigenvalue weighted by molar-refractivity contribution is 5.77. The quantitative estimate of drug-likeness (QED) is 0.716. The van der Waals surface area contributed by atoms with E-state index >= 15 is 0 Å². The fraction of sp³-hybridized carbons (Fsp3) is 0.316. The van der Waals surface area contributed by atoms with Gasteiger partial charge >= 0.3 is 0 Å². The molecule has 0 atom stereocenters. The zero-order valence-corrected chi connectivity index (χ0v) is 13.8. The van der Waals surface area contributed by atoms with Gasteiger partial charge in [0.25, 0.3) is 5.91 Å². The van der Waals surface area contributed by atoms with Crippen LogP contribution in [0.2, 0.25) is 0 Å². The number of nitrogens with one attached hydrogen (secondary N) is 1. The molecule has 2 rings (SSSR count). The van der Waals surface area contributed by atoms with E-state index in [1.54, 1.807) is 12.1 Å². The molecule has 1 amide bonds. The zero-order valence-electron chi connectivity index (χ0n) is 13.8. The van der Waals surface area contributed by atoms with Crippen molar-refractivity contribution in [2.75, 3.05) is 13.2 Å². The van der Waals surface area contributed by atoms with E-state index in [2.05, 4.69) is 12.2 Å². The van der Waals surface area contributed by atoms with Crippen molar-refractivity contribution in [3.05, 3.63) is 65.5 Å². The van der Waals surface area contributed by atoms with Gasteiger partial charge in [-0.15, -0.1) is 0 Å². The molecule has 128 valence electrons. The standard InChI is InChI=1S/C19H22FNO3/c1-2-11-23-13-16-8-4-3-7-15(16)12-21-19(22)14-24-18-10-6-5-9-17(18)20/h3-10H,2,11-14H2,1H3,(H,21,22). The molecule has 4 nitrogen and oxygen atoms in total. The molecule has 5 heteroatoms. The van der Waals surface area contributed by atoms with Crippen LogP contribution in [0, 0.1) is 5.82 Å². The summed E-state index contributed by atoms with van der Waals surface area (Å²) in [5.74, 6) is -0.715. The number of hydrogen-bond acceptors (Lipinski definition) is 3. The number of carbonyl (C=O) groups excluding carboxylic acids is 1. The molecule has 0 aromatic heterocycles. The molecule has 2 aromatic carbocycles. The number of ether oxygens (including phenoxy) is 2. The van der Waals surface area contributed by atoms with Crippen molar-refractivity contribution < 1.29 is 18.7 Å². The smallest absolute Gasteiger partial charge is 0.258 e. The first kappa shape index (κ1) is 17.9. The van der Waals surface area contributed by atoms with E-state index in [1.165, 1.54) is 12.1 Å². The Hall–Kier alpha value is -2.40. The molecule has 0 unspecified atom stereocenters. The van der Waals surface area contributed by atoms with Crippen LogP contribution in [0.1, 0.15) is 24.5 Å². The van der Waals surface area contributed by atoms with Crippen LogP contribution in [-0.2, 0) is 22.7 Å². The van der Waals surface area contributed by atoms with Crippen molar-refractivity contribution in [2.45, 2.75) is 26.5 Å². The third-order valence-corrected chi connectivity index (χ3v) is 3.40. The van der Waals surface area contributed by atoms with Crippen LogP contribution in [0.3, 0.4) is 0 Å². The van der Waals surface area contributed by atoms with Crippen molar-refractivity contribution in [1.29, 1.82) is 0 Å². The van der Waals surface area contributed by atoms with Gasteiger partial charge in [-0.25, -0.2) is 4.39 Å². The fourth-order valence-corrected chi connectivity index (χ4v) is 2.15. The molecule has 0 saturated heterocycles. The first-order valence-electron chi connectivity index (χ1n) is 7.99. The average Bonchev–Trinajstić information content (AvgIpc) is 2.60. The van der Waals surface area contributed by atoms with E-state index in [0.717, 1.165) is 17.5 Å². The molecular formula is C19H22FNO3. The van der Waals surface area contributed by atoms with Gasteiger partial charge in [-0.2, -0.15) is 0 Å². The number of halogens is 1. The van der Waals surface area contributed by atoms with Crippen molar-refractivity contribution in [1.82, 2.24) is 5.32 Å². The van der Waals surface area contributed by atoms with E-state index in [1.807, 2.05) is 24.3 Å². The second kappa shape index (κ2) is 9.67. The van der Waals surface area contributed by atoms with E-state index in [9.17, 15) is 9.18 Å². The summed E-state index contributed by atoms with van der Waals surface area (Å²) < 4.78 is 24.2. The summed E-state index contributed by atoms with van der Waals surface area (Å²) in [6.45, 7) is 3.44. The van der Waals surface area contributed by atoms with Gasteiger partial charge < -0.3 is 14.8 Å². The Morgan fingerprint density at radius 2 is 1.79 bits per heavy atom. The van der Waals surface area contributed by atoms with Gasteiger partial charge in [-0.05, 0) is 29.7 Å². The first-order valence-corrected chi connectivity index (χ1v) is 7.99. The summed E-state index contributed by atoms with van der Waals surface area (Å²) in [5.41, 5.74) is 2.04. The van der Waals surface area contributed by atoms with Crippen LogP contribution in [0.15, 0.2) is 48.5 Å². The minimum atomic E-state index is -0.483. The van der Waals surface area contributed by atoms with Crippen LogP contribution in [-0.4, -0.2) is 19.1 Å². The molecule has 0 spiro atoms. The van der Waals surface area contributed by atoms with Gasteiger partial charge in [0, 0.05) is 13.2 Å². The normalized spacial score (nSPS) is 10.4. The third-order valence-electron chi connectivity index (χ3n) is 3.40. The summed E-state index contributed by atoms with van der Waals surface area (Å²) in [7, 11) is 0.